The van der Waals surface area contributed by atoms with Crippen LogP contribution in [-0.2, 0) is 9.59 Å². The molecule has 0 spiro atoms. The molecule has 7 heteroatoms. The molecule has 0 heterocycles. The summed E-state index contributed by atoms with van der Waals surface area (Å²) in [5, 5.41) is 16.1. The van der Waals surface area contributed by atoms with Gasteiger partial charge in [-0.05, 0) is 19.4 Å². The second kappa shape index (κ2) is 10.4. The van der Waals surface area contributed by atoms with Crippen LogP contribution in [0.25, 0.3) is 0 Å². The van der Waals surface area contributed by atoms with E-state index in [1.165, 1.54) is 18.2 Å². The maximum Gasteiger partial charge on any atom is 0.271 e. The maximum absolute atomic E-state index is 11.8. The highest BCUT2D eigenvalue weighted by Gasteiger charge is 2.11. The predicted molar refractivity (Wildman–Crippen MR) is 92.7 cm³/mol. The first-order chi connectivity index (χ1) is 11.4. The van der Waals surface area contributed by atoms with E-state index in [2.05, 4.69) is 17.6 Å². The smallest absolute Gasteiger partial charge is 0.271 e. The van der Waals surface area contributed by atoms with Crippen molar-refractivity contribution < 1.29 is 14.5 Å². The van der Waals surface area contributed by atoms with E-state index in [-0.39, 0.29) is 36.4 Å². The average molecular weight is 335 g/mol. The minimum atomic E-state index is -0.525. The number of non-ortho nitro benzene ring substituents is 1. The van der Waals surface area contributed by atoms with Crippen LogP contribution in [0.5, 0.6) is 0 Å². The third-order valence-electron chi connectivity index (χ3n) is 3.57. The molecule has 1 aromatic carbocycles. The van der Waals surface area contributed by atoms with E-state index in [1.54, 1.807) is 6.07 Å². The minimum Gasteiger partial charge on any atom is -0.354 e. The fourth-order valence-corrected chi connectivity index (χ4v) is 2.27. The summed E-state index contributed by atoms with van der Waals surface area (Å²) in [5.74, 6) is -0.502. The Balaban J connectivity index is 2.34. The van der Waals surface area contributed by atoms with Gasteiger partial charge in [-0.3, -0.25) is 19.7 Å². The lowest BCUT2D eigenvalue weighted by atomic mass is 10.1. The molecule has 0 aromatic heterocycles. The minimum absolute atomic E-state index is 0.0379. The summed E-state index contributed by atoms with van der Waals surface area (Å²) < 4.78 is 0. The van der Waals surface area contributed by atoms with E-state index in [0.29, 0.717) is 5.69 Å². The molecule has 0 saturated heterocycles. The first kappa shape index (κ1) is 19.6. The zero-order valence-corrected chi connectivity index (χ0v) is 14.2. The van der Waals surface area contributed by atoms with Crippen LogP contribution in [0.2, 0.25) is 0 Å². The average Bonchev–Trinajstić information content (AvgIpc) is 2.53. The van der Waals surface area contributed by atoms with Gasteiger partial charge in [0, 0.05) is 36.7 Å². The monoisotopic (exact) mass is 335 g/mol. The van der Waals surface area contributed by atoms with E-state index >= 15 is 0 Å². The Morgan fingerprint density at radius 1 is 1.21 bits per heavy atom. The summed E-state index contributed by atoms with van der Waals surface area (Å²) in [6.45, 7) is 4.08. The molecule has 0 aliphatic heterocycles. The molecule has 0 unspecified atom stereocenters. The van der Waals surface area contributed by atoms with Crippen LogP contribution >= 0.6 is 0 Å². The zero-order chi connectivity index (χ0) is 17.9. The quantitative estimate of drug-likeness (QED) is 0.389. The van der Waals surface area contributed by atoms with Crippen LogP contribution in [0.15, 0.2) is 24.3 Å². The molecule has 0 fully saturated rings. The lowest BCUT2D eigenvalue weighted by Gasteiger charge is -2.13. The van der Waals surface area contributed by atoms with Gasteiger partial charge in [0.2, 0.25) is 11.8 Å². The molecule has 1 aromatic rings. The van der Waals surface area contributed by atoms with E-state index in [4.69, 9.17) is 0 Å². The molecular weight excluding hydrogens is 310 g/mol. The number of amides is 2. The molecule has 0 bridgehead atoms. The number of nitrogens with zero attached hydrogens (tertiary/aromatic N) is 1. The number of carbonyl (C=O) groups is 2. The summed E-state index contributed by atoms with van der Waals surface area (Å²) in [5.41, 5.74) is 0.258. The Morgan fingerprint density at radius 2 is 1.92 bits per heavy atom. The van der Waals surface area contributed by atoms with E-state index in [1.807, 2.05) is 6.92 Å². The lowest BCUT2D eigenvalue weighted by Crippen LogP contribution is -2.33. The van der Waals surface area contributed by atoms with Crippen molar-refractivity contribution in [3.05, 3.63) is 34.4 Å². The Labute approximate surface area is 142 Å². The first-order valence-electron chi connectivity index (χ1n) is 8.26. The molecule has 2 amide bonds. The van der Waals surface area contributed by atoms with E-state index in [9.17, 15) is 19.7 Å². The first-order valence-corrected chi connectivity index (χ1v) is 8.26. The van der Waals surface area contributed by atoms with Gasteiger partial charge in [0.15, 0.2) is 0 Å². The number of benzene rings is 1. The molecule has 0 radical (unpaired) electrons. The van der Waals surface area contributed by atoms with Crippen molar-refractivity contribution in [2.75, 3.05) is 5.32 Å². The summed E-state index contributed by atoms with van der Waals surface area (Å²) in [7, 11) is 0. The summed E-state index contributed by atoms with van der Waals surface area (Å²) in [6, 6.07) is 5.81. The zero-order valence-electron chi connectivity index (χ0n) is 14.2. The number of unbranched alkanes of at least 4 members (excludes halogenated alkanes) is 2. The van der Waals surface area contributed by atoms with Gasteiger partial charge in [0.05, 0.1) is 4.92 Å². The molecule has 132 valence electrons. The Morgan fingerprint density at radius 3 is 2.58 bits per heavy atom. The fraction of sp³-hybridized carbons (Fsp3) is 0.529. The fourth-order valence-electron chi connectivity index (χ4n) is 2.27. The lowest BCUT2D eigenvalue weighted by molar-refractivity contribution is -0.384. The number of carbonyl (C=O) groups excluding carboxylic acids is 2. The van der Waals surface area contributed by atoms with Gasteiger partial charge in [-0.1, -0.05) is 32.3 Å². The summed E-state index contributed by atoms with van der Waals surface area (Å²) >= 11 is 0. The van der Waals surface area contributed by atoms with Crippen LogP contribution in [0.4, 0.5) is 11.4 Å². The van der Waals surface area contributed by atoms with Crippen molar-refractivity contribution in [2.45, 2.75) is 58.4 Å². The maximum atomic E-state index is 11.8. The van der Waals surface area contributed by atoms with Crippen molar-refractivity contribution in [1.29, 1.82) is 0 Å². The van der Waals surface area contributed by atoms with Gasteiger partial charge in [-0.15, -0.1) is 0 Å². The van der Waals surface area contributed by atoms with Gasteiger partial charge in [0.1, 0.15) is 0 Å². The van der Waals surface area contributed by atoms with Gasteiger partial charge in [-0.25, -0.2) is 0 Å². The highest BCUT2D eigenvalue weighted by atomic mass is 16.6. The molecule has 0 aliphatic carbocycles. The molecule has 7 nitrogen and oxygen atoms in total. The van der Waals surface area contributed by atoms with Crippen LogP contribution < -0.4 is 10.6 Å². The second-order valence-corrected chi connectivity index (χ2v) is 5.82. The molecule has 0 aliphatic rings. The van der Waals surface area contributed by atoms with Gasteiger partial charge in [-0.2, -0.15) is 0 Å². The summed E-state index contributed by atoms with van der Waals surface area (Å²) in [6.07, 6.45) is 4.42. The van der Waals surface area contributed by atoms with Crippen molar-refractivity contribution in [1.82, 2.24) is 5.32 Å². The SMILES string of the molecule is CCCCC[C@H](C)NC(=O)CCC(=O)Nc1cccc([N+](=O)[O-])c1. The second-order valence-electron chi connectivity index (χ2n) is 5.82. The van der Waals surface area contributed by atoms with Crippen molar-refractivity contribution in [3.63, 3.8) is 0 Å². The number of nitrogens with one attached hydrogen (secondary N) is 2. The van der Waals surface area contributed by atoms with Crippen LogP contribution in [0.3, 0.4) is 0 Å². The van der Waals surface area contributed by atoms with Crippen LogP contribution in [0, 0.1) is 10.1 Å². The molecule has 0 saturated carbocycles. The Bertz CT molecular complexity index is 575. The molecular formula is C17H25N3O4. The van der Waals surface area contributed by atoms with Gasteiger partial charge < -0.3 is 10.6 Å². The number of hydrogen-bond acceptors (Lipinski definition) is 4. The summed E-state index contributed by atoms with van der Waals surface area (Å²) in [4.78, 5) is 33.8. The van der Waals surface area contributed by atoms with Gasteiger partial charge in [0.25, 0.3) is 5.69 Å². The topological polar surface area (TPSA) is 101 Å². The number of anilines is 1. The molecule has 2 N–H and O–H groups in total. The van der Waals surface area contributed by atoms with Gasteiger partial charge >= 0.3 is 0 Å². The number of nitro groups is 1. The standard InChI is InChI=1S/C17H25N3O4/c1-3-4-5-7-13(2)18-16(21)10-11-17(22)19-14-8-6-9-15(12-14)20(23)24/h6,8-9,12-13H,3-5,7,10-11H2,1-2H3,(H,18,21)(H,19,22)/t13-/m0/s1. The normalized spacial score (nSPS) is 11.6. The van der Waals surface area contributed by atoms with Crippen molar-refractivity contribution in [3.8, 4) is 0 Å². The Kier molecular flexibility index (Phi) is 8.46. The van der Waals surface area contributed by atoms with Crippen LogP contribution in [-0.4, -0.2) is 22.8 Å². The largest absolute Gasteiger partial charge is 0.354 e. The van der Waals surface area contributed by atoms with E-state index in [0.717, 1.165) is 25.7 Å². The van der Waals surface area contributed by atoms with E-state index < -0.39 is 4.92 Å². The molecule has 24 heavy (non-hydrogen) atoms. The number of rotatable bonds is 10. The van der Waals surface area contributed by atoms with Crippen molar-refractivity contribution >= 4 is 23.2 Å². The Hall–Kier alpha value is -2.44. The highest BCUT2D eigenvalue weighted by molar-refractivity contribution is 5.93. The molecule has 1 rings (SSSR count). The van der Waals surface area contributed by atoms with Crippen LogP contribution in [0.1, 0.15) is 52.4 Å². The third-order valence-corrected chi connectivity index (χ3v) is 3.57. The third kappa shape index (κ3) is 7.71. The highest BCUT2D eigenvalue weighted by Crippen LogP contribution is 2.17. The molecule has 1 atom stereocenters. The number of hydrogen-bond donors (Lipinski definition) is 2. The predicted octanol–water partition coefficient (Wildman–Crippen LogP) is 3.40. The number of nitro benzene ring substituents is 1. The van der Waals surface area contributed by atoms with Crippen molar-refractivity contribution in [2.24, 2.45) is 0 Å².